The van der Waals surface area contributed by atoms with Crippen molar-refractivity contribution in [3.05, 3.63) is 58.6 Å². The first kappa shape index (κ1) is 25.6. The van der Waals surface area contributed by atoms with Crippen LogP contribution in [0, 0.1) is 5.92 Å². The molecule has 0 spiro atoms. The van der Waals surface area contributed by atoms with Gasteiger partial charge in [-0.3, -0.25) is 14.5 Å². The lowest BCUT2D eigenvalue weighted by molar-refractivity contribution is -0.274. The molecule has 0 aromatic heterocycles. The van der Waals surface area contributed by atoms with Gasteiger partial charge in [0.05, 0.1) is 12.1 Å². The van der Waals surface area contributed by atoms with E-state index < -0.39 is 23.9 Å². The lowest BCUT2D eigenvalue weighted by Crippen LogP contribution is -2.41. The number of nitrogens with two attached hydrogens (primary N) is 1. The van der Waals surface area contributed by atoms with Gasteiger partial charge in [-0.25, -0.2) is 0 Å². The summed E-state index contributed by atoms with van der Waals surface area (Å²) in [4.78, 5) is 26.8. The highest BCUT2D eigenvalue weighted by Gasteiger charge is 2.31. The third-order valence-electron chi connectivity index (χ3n) is 5.53. The molecule has 34 heavy (non-hydrogen) atoms. The Labute approximate surface area is 200 Å². The van der Waals surface area contributed by atoms with E-state index in [2.05, 4.69) is 20.3 Å². The summed E-state index contributed by atoms with van der Waals surface area (Å²) < 4.78 is 41.0. The zero-order chi connectivity index (χ0) is 24.7. The lowest BCUT2D eigenvalue weighted by Gasteiger charge is -2.32. The number of ether oxygens (including phenoxy) is 1. The Morgan fingerprint density at radius 2 is 1.76 bits per heavy atom. The van der Waals surface area contributed by atoms with Crippen LogP contribution in [0.4, 0.5) is 18.9 Å². The van der Waals surface area contributed by atoms with E-state index in [1.807, 2.05) is 24.3 Å². The Morgan fingerprint density at radius 3 is 2.41 bits per heavy atom. The van der Waals surface area contributed by atoms with Crippen molar-refractivity contribution in [2.24, 2.45) is 5.92 Å². The van der Waals surface area contributed by atoms with Gasteiger partial charge in [-0.05, 0) is 67.7 Å². The number of likely N-dealkylation sites (tertiary alicyclic amines) is 1. The normalized spacial score (nSPS) is 15.1. The largest absolute Gasteiger partial charge is 0.573 e. The van der Waals surface area contributed by atoms with Crippen molar-refractivity contribution in [3.8, 4) is 5.75 Å². The van der Waals surface area contributed by atoms with Crippen LogP contribution < -0.4 is 21.1 Å². The molecule has 0 aliphatic carbocycles. The summed E-state index contributed by atoms with van der Waals surface area (Å²) in [6.07, 6.45) is -3.03. The average molecular weight is 499 g/mol. The molecule has 1 saturated heterocycles. The maximum Gasteiger partial charge on any atom is 0.573 e. The predicted molar refractivity (Wildman–Crippen MR) is 122 cm³/mol. The van der Waals surface area contributed by atoms with Gasteiger partial charge in [0.15, 0.2) is 0 Å². The number of anilines is 1. The summed E-state index contributed by atoms with van der Waals surface area (Å²) in [5.74, 6) is -1.40. The number of nitrogen functional groups attached to an aromatic ring is 1. The van der Waals surface area contributed by atoms with Crippen molar-refractivity contribution >= 4 is 29.1 Å². The van der Waals surface area contributed by atoms with Gasteiger partial charge in [-0.2, -0.15) is 0 Å². The third kappa shape index (κ3) is 8.11. The molecule has 1 fully saturated rings. The highest BCUT2D eigenvalue weighted by atomic mass is 35.5. The van der Waals surface area contributed by atoms with Crippen LogP contribution >= 0.6 is 11.6 Å². The van der Waals surface area contributed by atoms with E-state index in [1.54, 1.807) is 0 Å². The smallest absolute Gasteiger partial charge is 0.406 e. The Morgan fingerprint density at radius 1 is 1.09 bits per heavy atom. The Bertz CT molecular complexity index is 994. The highest BCUT2D eigenvalue weighted by Crippen LogP contribution is 2.26. The molecular formula is C23H26ClF3N4O3. The number of nitrogens with zero attached hydrogens (tertiary/aromatic N) is 1. The van der Waals surface area contributed by atoms with Crippen molar-refractivity contribution in [2.45, 2.75) is 25.7 Å². The van der Waals surface area contributed by atoms with Crippen LogP contribution in [0.3, 0.4) is 0 Å². The lowest BCUT2D eigenvalue weighted by atomic mass is 9.96. The molecule has 0 saturated carbocycles. The minimum absolute atomic E-state index is 0.0298. The summed E-state index contributed by atoms with van der Waals surface area (Å²) in [5, 5.41) is 5.88. The van der Waals surface area contributed by atoms with Crippen LogP contribution in [0.15, 0.2) is 42.5 Å². The predicted octanol–water partition coefficient (Wildman–Crippen LogP) is 3.58. The molecule has 2 aromatic carbocycles. The first-order chi connectivity index (χ1) is 16.1. The monoisotopic (exact) mass is 498 g/mol. The van der Waals surface area contributed by atoms with Gasteiger partial charge in [0.25, 0.3) is 5.91 Å². The van der Waals surface area contributed by atoms with Gasteiger partial charge in [0, 0.05) is 23.8 Å². The summed E-state index contributed by atoms with van der Waals surface area (Å²) in [7, 11) is 0. The molecule has 1 aliphatic rings. The molecule has 184 valence electrons. The van der Waals surface area contributed by atoms with Gasteiger partial charge >= 0.3 is 6.36 Å². The molecule has 1 heterocycles. The first-order valence-corrected chi connectivity index (χ1v) is 11.1. The molecule has 11 heteroatoms. The fourth-order valence-electron chi connectivity index (χ4n) is 3.70. The van der Waals surface area contributed by atoms with E-state index in [0.717, 1.165) is 50.7 Å². The average Bonchev–Trinajstić information content (AvgIpc) is 2.79. The second-order valence-electron chi connectivity index (χ2n) is 8.13. The van der Waals surface area contributed by atoms with Gasteiger partial charge in [0.1, 0.15) is 5.75 Å². The molecule has 0 bridgehead atoms. The number of nitrogens with one attached hydrogen (secondary N) is 2. The number of rotatable bonds is 8. The van der Waals surface area contributed by atoms with E-state index in [1.165, 1.54) is 5.56 Å². The molecule has 2 aromatic rings. The number of amides is 2. The standard InChI is InChI=1S/C23H26ClF3N4O3/c24-17-3-1-16(2-4-17)14-31-9-7-15(8-10-31)12-29-21(32)13-30-22(33)19-11-18(5-6-20(19)28)34-23(25,26)27/h1-6,11,15H,7-10,12-14,28H2,(H,29,32)(H,30,33). The van der Waals surface area contributed by atoms with Crippen molar-refractivity contribution in [3.63, 3.8) is 0 Å². The van der Waals surface area contributed by atoms with Crippen LogP contribution in [0.5, 0.6) is 5.75 Å². The molecule has 2 amide bonds. The van der Waals surface area contributed by atoms with E-state index in [0.29, 0.717) is 17.5 Å². The van der Waals surface area contributed by atoms with Crippen LogP contribution in [-0.2, 0) is 11.3 Å². The molecular weight excluding hydrogens is 473 g/mol. The van der Waals surface area contributed by atoms with E-state index in [4.69, 9.17) is 17.3 Å². The second-order valence-corrected chi connectivity index (χ2v) is 8.57. The van der Waals surface area contributed by atoms with Gasteiger partial charge < -0.3 is 21.1 Å². The van der Waals surface area contributed by atoms with E-state index >= 15 is 0 Å². The molecule has 4 N–H and O–H groups in total. The number of benzene rings is 2. The molecule has 3 rings (SSSR count). The molecule has 0 atom stereocenters. The minimum Gasteiger partial charge on any atom is -0.406 e. The molecule has 1 aliphatic heterocycles. The number of hydrogen-bond donors (Lipinski definition) is 3. The van der Waals surface area contributed by atoms with Crippen molar-refractivity contribution in [1.29, 1.82) is 0 Å². The number of carbonyl (C=O) groups is 2. The number of piperidine rings is 1. The van der Waals surface area contributed by atoms with E-state index in [9.17, 15) is 22.8 Å². The van der Waals surface area contributed by atoms with E-state index in [-0.39, 0.29) is 17.8 Å². The zero-order valence-electron chi connectivity index (χ0n) is 18.3. The summed E-state index contributed by atoms with van der Waals surface area (Å²) >= 11 is 5.92. The zero-order valence-corrected chi connectivity index (χ0v) is 19.1. The Kier molecular flexibility index (Phi) is 8.62. The van der Waals surface area contributed by atoms with Gasteiger partial charge in [0.2, 0.25) is 5.91 Å². The summed E-state index contributed by atoms with van der Waals surface area (Å²) in [6, 6.07) is 10.8. The second kappa shape index (κ2) is 11.4. The Hall–Kier alpha value is -2.98. The number of halogens is 4. The first-order valence-electron chi connectivity index (χ1n) is 10.8. The fourth-order valence-corrected chi connectivity index (χ4v) is 3.83. The molecule has 0 radical (unpaired) electrons. The molecule has 0 unspecified atom stereocenters. The minimum atomic E-state index is -4.89. The Balaban J connectivity index is 1.38. The van der Waals surface area contributed by atoms with Crippen LogP contribution in [0.1, 0.15) is 28.8 Å². The van der Waals surface area contributed by atoms with Crippen LogP contribution in [0.25, 0.3) is 0 Å². The fraction of sp³-hybridized carbons (Fsp3) is 0.391. The topological polar surface area (TPSA) is 96.7 Å². The van der Waals surface area contributed by atoms with Crippen molar-refractivity contribution in [2.75, 3.05) is 31.9 Å². The van der Waals surface area contributed by atoms with Crippen LogP contribution in [-0.4, -0.2) is 49.3 Å². The highest BCUT2D eigenvalue weighted by molar-refractivity contribution is 6.30. The number of alkyl halides is 3. The van der Waals surface area contributed by atoms with Gasteiger partial charge in [-0.1, -0.05) is 23.7 Å². The number of hydrogen-bond acceptors (Lipinski definition) is 5. The molecule has 7 nitrogen and oxygen atoms in total. The third-order valence-corrected chi connectivity index (χ3v) is 5.78. The SMILES string of the molecule is Nc1ccc(OC(F)(F)F)cc1C(=O)NCC(=O)NCC1CCN(Cc2ccc(Cl)cc2)CC1. The number of carbonyl (C=O) groups excluding carboxylic acids is 2. The van der Waals surface area contributed by atoms with Gasteiger partial charge in [-0.15, -0.1) is 13.2 Å². The summed E-state index contributed by atoms with van der Waals surface area (Å²) in [5.41, 5.74) is 6.64. The maximum absolute atomic E-state index is 12.4. The van der Waals surface area contributed by atoms with Crippen molar-refractivity contribution < 1.29 is 27.5 Å². The quantitative estimate of drug-likeness (QED) is 0.483. The van der Waals surface area contributed by atoms with Crippen molar-refractivity contribution in [1.82, 2.24) is 15.5 Å². The maximum atomic E-state index is 12.4. The summed E-state index contributed by atoms with van der Waals surface area (Å²) in [6.45, 7) is 2.84. The van der Waals surface area contributed by atoms with Crippen LogP contribution in [0.2, 0.25) is 5.02 Å².